The molecule has 2 unspecified atom stereocenters. The molecule has 2 rings (SSSR count). The lowest BCUT2D eigenvalue weighted by Crippen LogP contribution is -2.34. The van der Waals surface area contributed by atoms with Crippen LogP contribution in [0.25, 0.3) is 0 Å². The van der Waals surface area contributed by atoms with Crippen LogP contribution in [0.15, 0.2) is 24.3 Å². The molecule has 0 spiro atoms. The third kappa shape index (κ3) is 4.33. The Hall–Kier alpha value is -0.320. The van der Waals surface area contributed by atoms with E-state index in [1.807, 2.05) is 0 Å². The van der Waals surface area contributed by atoms with Crippen molar-refractivity contribution in [2.45, 2.75) is 24.6 Å². The van der Waals surface area contributed by atoms with Crippen molar-refractivity contribution in [2.75, 3.05) is 30.9 Å². The normalized spacial score (nSPS) is 21.1. The van der Waals surface area contributed by atoms with Gasteiger partial charge in [0.15, 0.2) is 0 Å². The predicted octanol–water partition coefficient (Wildman–Crippen LogP) is 3.58. The van der Waals surface area contributed by atoms with Crippen LogP contribution >= 0.6 is 23.5 Å². The third-order valence-corrected chi connectivity index (χ3v) is 6.17. The molecule has 1 saturated heterocycles. The molecule has 19 heavy (non-hydrogen) atoms. The molecule has 1 aliphatic heterocycles. The molecule has 0 saturated carbocycles. The van der Waals surface area contributed by atoms with Gasteiger partial charge >= 0.3 is 0 Å². The van der Waals surface area contributed by atoms with E-state index in [-0.39, 0.29) is 0 Å². The monoisotopic (exact) mass is 297 g/mol. The fourth-order valence-corrected chi connectivity index (χ4v) is 5.14. The van der Waals surface area contributed by atoms with Crippen molar-refractivity contribution in [1.29, 1.82) is 0 Å². The second kappa shape index (κ2) is 8.08. The van der Waals surface area contributed by atoms with Crippen molar-refractivity contribution in [3.8, 4) is 5.75 Å². The van der Waals surface area contributed by atoms with Gasteiger partial charge in [-0.15, -0.1) is 0 Å². The Morgan fingerprint density at radius 3 is 2.68 bits per heavy atom. The molecule has 1 heterocycles. The zero-order valence-electron chi connectivity index (χ0n) is 11.7. The van der Waals surface area contributed by atoms with Crippen molar-refractivity contribution in [1.82, 2.24) is 5.32 Å². The van der Waals surface area contributed by atoms with Crippen LogP contribution in [0.5, 0.6) is 5.75 Å². The highest BCUT2D eigenvalue weighted by Gasteiger charge is 2.25. The molecule has 4 heteroatoms. The zero-order chi connectivity index (χ0) is 13.5. The Morgan fingerprint density at radius 1 is 1.32 bits per heavy atom. The van der Waals surface area contributed by atoms with E-state index in [0.29, 0.717) is 11.3 Å². The van der Waals surface area contributed by atoms with E-state index in [4.69, 9.17) is 4.74 Å². The van der Waals surface area contributed by atoms with Crippen molar-refractivity contribution in [3.63, 3.8) is 0 Å². The average molecular weight is 297 g/mol. The summed E-state index contributed by atoms with van der Waals surface area (Å²) < 4.78 is 5.25. The second-order valence-electron chi connectivity index (χ2n) is 4.69. The molecular formula is C15H23NOS2. The van der Waals surface area contributed by atoms with Crippen LogP contribution in [0.1, 0.15) is 24.9 Å². The Bertz CT molecular complexity index is 363. The summed E-state index contributed by atoms with van der Waals surface area (Å²) in [6.07, 6.45) is 1.18. The molecule has 1 N–H and O–H groups in total. The molecule has 2 atom stereocenters. The van der Waals surface area contributed by atoms with Gasteiger partial charge in [0, 0.05) is 28.6 Å². The maximum atomic E-state index is 5.25. The summed E-state index contributed by atoms with van der Waals surface area (Å²) in [5, 5.41) is 4.40. The molecular weight excluding hydrogens is 274 g/mol. The number of rotatable bonds is 6. The maximum absolute atomic E-state index is 5.25. The largest absolute Gasteiger partial charge is 0.497 e. The number of hydrogen-bond acceptors (Lipinski definition) is 4. The number of thioether (sulfide) groups is 2. The highest BCUT2D eigenvalue weighted by Crippen LogP contribution is 2.34. The fourth-order valence-electron chi connectivity index (χ4n) is 2.27. The third-order valence-electron chi connectivity index (χ3n) is 3.30. The van der Waals surface area contributed by atoms with Crippen molar-refractivity contribution >= 4 is 23.5 Å². The van der Waals surface area contributed by atoms with Crippen LogP contribution in [-0.4, -0.2) is 36.2 Å². The smallest absolute Gasteiger partial charge is 0.118 e. The lowest BCUT2D eigenvalue weighted by Gasteiger charge is -2.30. The van der Waals surface area contributed by atoms with E-state index in [2.05, 4.69) is 60.0 Å². The molecule has 0 aromatic heterocycles. The topological polar surface area (TPSA) is 21.3 Å². The first-order chi connectivity index (χ1) is 9.35. The molecule has 2 nitrogen and oxygen atoms in total. The van der Waals surface area contributed by atoms with Crippen LogP contribution in [0, 0.1) is 0 Å². The Balaban J connectivity index is 2.10. The number of methoxy groups -OCH3 is 1. The summed E-state index contributed by atoms with van der Waals surface area (Å²) in [7, 11) is 1.72. The van der Waals surface area contributed by atoms with Crippen molar-refractivity contribution in [2.24, 2.45) is 0 Å². The average Bonchev–Trinajstić information content (AvgIpc) is 2.49. The lowest BCUT2D eigenvalue weighted by molar-refractivity contribution is 0.414. The van der Waals surface area contributed by atoms with Gasteiger partial charge in [-0.1, -0.05) is 19.1 Å². The summed E-state index contributed by atoms with van der Waals surface area (Å²) in [5.41, 5.74) is 1.38. The first-order valence-electron chi connectivity index (χ1n) is 6.92. The van der Waals surface area contributed by atoms with Crippen LogP contribution in [0.3, 0.4) is 0 Å². The minimum atomic E-state index is 0.462. The maximum Gasteiger partial charge on any atom is 0.118 e. The van der Waals surface area contributed by atoms with Gasteiger partial charge in [-0.25, -0.2) is 0 Å². The first-order valence-corrected chi connectivity index (χ1v) is 9.12. The summed E-state index contributed by atoms with van der Waals surface area (Å²) in [6, 6.07) is 8.99. The zero-order valence-corrected chi connectivity index (χ0v) is 13.4. The van der Waals surface area contributed by atoms with E-state index in [9.17, 15) is 0 Å². The number of ether oxygens (including phenoxy) is 1. The van der Waals surface area contributed by atoms with Gasteiger partial charge in [0.05, 0.1) is 7.11 Å². The summed E-state index contributed by atoms with van der Waals surface area (Å²) in [5.74, 6) is 4.75. The van der Waals surface area contributed by atoms with Gasteiger partial charge in [0.2, 0.25) is 0 Å². The minimum absolute atomic E-state index is 0.462. The van der Waals surface area contributed by atoms with Crippen molar-refractivity contribution < 1.29 is 4.74 Å². The van der Waals surface area contributed by atoms with Gasteiger partial charge in [-0.3, -0.25) is 0 Å². The molecule has 0 amide bonds. The lowest BCUT2D eigenvalue weighted by atomic mass is 10.0. The van der Waals surface area contributed by atoms with Crippen LogP contribution < -0.4 is 10.1 Å². The van der Waals surface area contributed by atoms with Crippen LogP contribution in [-0.2, 0) is 0 Å². The van der Waals surface area contributed by atoms with Gasteiger partial charge in [0.1, 0.15) is 5.75 Å². The molecule has 0 radical (unpaired) electrons. The highest BCUT2D eigenvalue weighted by atomic mass is 32.2. The summed E-state index contributed by atoms with van der Waals surface area (Å²) >= 11 is 4.19. The van der Waals surface area contributed by atoms with Crippen LogP contribution in [0.4, 0.5) is 0 Å². The molecule has 0 bridgehead atoms. The molecule has 1 aromatic rings. The van der Waals surface area contributed by atoms with Crippen molar-refractivity contribution in [3.05, 3.63) is 29.8 Å². The summed E-state index contributed by atoms with van der Waals surface area (Å²) in [6.45, 7) is 3.30. The number of nitrogens with one attached hydrogen (secondary N) is 1. The standard InChI is InChI=1S/C15H23NOS2/c1-3-8-16-15(14-11-18-9-10-19-14)12-4-6-13(17-2)7-5-12/h4-7,14-16H,3,8-11H2,1-2H3. The molecule has 0 aliphatic carbocycles. The second-order valence-corrected chi connectivity index (χ2v) is 7.19. The Morgan fingerprint density at radius 2 is 2.11 bits per heavy atom. The molecule has 106 valence electrons. The Labute approximate surface area is 125 Å². The number of hydrogen-bond donors (Lipinski definition) is 1. The van der Waals surface area contributed by atoms with Crippen LogP contribution in [0.2, 0.25) is 0 Å². The van der Waals surface area contributed by atoms with E-state index in [1.54, 1.807) is 7.11 Å². The molecule has 1 aliphatic rings. The van der Waals surface area contributed by atoms with E-state index < -0.39 is 0 Å². The first kappa shape index (κ1) is 15.1. The predicted molar refractivity (Wildman–Crippen MR) is 87.6 cm³/mol. The fraction of sp³-hybridized carbons (Fsp3) is 0.600. The van der Waals surface area contributed by atoms with Gasteiger partial charge < -0.3 is 10.1 Å². The van der Waals surface area contributed by atoms with E-state index >= 15 is 0 Å². The Kier molecular flexibility index (Phi) is 6.41. The van der Waals surface area contributed by atoms with Gasteiger partial charge in [-0.2, -0.15) is 23.5 Å². The summed E-state index contributed by atoms with van der Waals surface area (Å²) in [4.78, 5) is 0. The number of benzene rings is 1. The molecule has 1 fully saturated rings. The van der Waals surface area contributed by atoms with Gasteiger partial charge in [0.25, 0.3) is 0 Å². The van der Waals surface area contributed by atoms with E-state index in [1.165, 1.54) is 29.2 Å². The quantitative estimate of drug-likeness (QED) is 0.866. The highest BCUT2D eigenvalue weighted by molar-refractivity contribution is 8.06. The van der Waals surface area contributed by atoms with E-state index in [0.717, 1.165) is 12.3 Å². The SMILES string of the molecule is CCCNC(c1ccc(OC)cc1)C1CSCCS1. The van der Waals surface area contributed by atoms with Gasteiger partial charge in [-0.05, 0) is 30.7 Å². The molecule has 1 aromatic carbocycles. The minimum Gasteiger partial charge on any atom is -0.497 e.